The molecule has 1 rings (SSSR count). The van der Waals surface area contributed by atoms with Crippen LogP contribution in [0, 0.1) is 0 Å². The summed E-state index contributed by atoms with van der Waals surface area (Å²) in [5, 5.41) is 10.2. The van der Waals surface area contributed by atoms with Crippen molar-refractivity contribution >= 4 is 37.5 Å². The van der Waals surface area contributed by atoms with Crippen molar-refractivity contribution in [1.29, 1.82) is 0 Å². The van der Waals surface area contributed by atoms with Crippen LogP contribution in [0.3, 0.4) is 0 Å². The summed E-state index contributed by atoms with van der Waals surface area (Å²) in [7, 11) is 0. The highest BCUT2D eigenvalue weighted by molar-refractivity contribution is 9.11. The fraction of sp³-hybridized carbons (Fsp3) is 0.400. The summed E-state index contributed by atoms with van der Waals surface area (Å²) >= 11 is 6.82. The van der Waals surface area contributed by atoms with Crippen molar-refractivity contribution < 1.29 is 0 Å². The lowest BCUT2D eigenvalue weighted by molar-refractivity contribution is 0.300. The number of rotatable bonds is 4. The largest absolute Gasteiger partial charge is 0.279 e. The first-order chi connectivity index (χ1) is 7.15. The Balaban J connectivity index is 2.79. The Morgan fingerprint density at radius 1 is 1.07 bits per heavy atom. The minimum absolute atomic E-state index is 0.836. The van der Waals surface area contributed by atoms with Gasteiger partial charge in [-0.15, -0.1) is 5.11 Å². The molecule has 0 aliphatic carbocycles. The van der Waals surface area contributed by atoms with Crippen LogP contribution in [0.25, 0.3) is 0 Å². The highest BCUT2D eigenvalue weighted by atomic mass is 79.9. The van der Waals surface area contributed by atoms with Gasteiger partial charge in [0.05, 0.1) is 5.69 Å². The van der Waals surface area contributed by atoms with Gasteiger partial charge in [0.2, 0.25) is 0 Å². The first-order valence-corrected chi connectivity index (χ1v) is 6.37. The van der Waals surface area contributed by atoms with Crippen molar-refractivity contribution in [2.75, 3.05) is 13.1 Å². The van der Waals surface area contributed by atoms with Gasteiger partial charge in [0.25, 0.3) is 0 Å². The number of benzene rings is 1. The van der Waals surface area contributed by atoms with Crippen LogP contribution in [-0.2, 0) is 0 Å². The zero-order valence-corrected chi connectivity index (χ0v) is 11.9. The van der Waals surface area contributed by atoms with Crippen LogP contribution in [0.2, 0.25) is 0 Å². The Morgan fingerprint density at radius 2 is 1.60 bits per heavy atom. The van der Waals surface area contributed by atoms with Crippen molar-refractivity contribution in [2.24, 2.45) is 10.3 Å². The number of nitrogens with zero attached hydrogens (tertiary/aromatic N) is 3. The molecule has 0 aliphatic heterocycles. The summed E-state index contributed by atoms with van der Waals surface area (Å²) in [5.74, 6) is 0. The summed E-state index contributed by atoms with van der Waals surface area (Å²) in [6, 6.07) is 5.83. The van der Waals surface area contributed by atoms with E-state index in [1.807, 2.05) is 23.2 Å². The maximum Gasteiger partial charge on any atom is 0.0896 e. The lowest BCUT2D eigenvalue weighted by Crippen LogP contribution is -2.14. The molecular formula is C10H13Br2N3. The average molecular weight is 335 g/mol. The Morgan fingerprint density at radius 3 is 2.07 bits per heavy atom. The molecule has 0 atom stereocenters. The second-order valence-corrected chi connectivity index (χ2v) is 4.79. The van der Waals surface area contributed by atoms with Gasteiger partial charge in [-0.2, -0.15) is 0 Å². The molecule has 0 N–H and O–H groups in total. The molecule has 82 valence electrons. The molecule has 3 nitrogen and oxygen atoms in total. The Hall–Kier alpha value is -0.420. The van der Waals surface area contributed by atoms with Crippen LogP contribution in [0.1, 0.15) is 13.8 Å². The van der Waals surface area contributed by atoms with Crippen molar-refractivity contribution in [1.82, 2.24) is 5.01 Å². The van der Waals surface area contributed by atoms with E-state index in [4.69, 9.17) is 0 Å². The third-order valence-corrected chi connectivity index (χ3v) is 2.78. The predicted molar refractivity (Wildman–Crippen MR) is 69.3 cm³/mol. The lowest BCUT2D eigenvalue weighted by atomic mass is 10.3. The van der Waals surface area contributed by atoms with E-state index in [2.05, 4.69) is 56.0 Å². The topological polar surface area (TPSA) is 28.0 Å². The van der Waals surface area contributed by atoms with Gasteiger partial charge in [0.1, 0.15) is 0 Å². The van der Waals surface area contributed by atoms with E-state index in [9.17, 15) is 0 Å². The van der Waals surface area contributed by atoms with E-state index < -0.39 is 0 Å². The van der Waals surface area contributed by atoms with Crippen LogP contribution >= 0.6 is 31.9 Å². The van der Waals surface area contributed by atoms with Crippen LogP contribution in [-0.4, -0.2) is 18.1 Å². The van der Waals surface area contributed by atoms with Gasteiger partial charge >= 0.3 is 0 Å². The highest BCUT2D eigenvalue weighted by Gasteiger charge is 1.97. The van der Waals surface area contributed by atoms with Crippen molar-refractivity contribution in [3.63, 3.8) is 0 Å². The molecule has 0 saturated heterocycles. The zero-order valence-electron chi connectivity index (χ0n) is 8.74. The quantitative estimate of drug-likeness (QED) is 0.586. The summed E-state index contributed by atoms with van der Waals surface area (Å²) in [5.41, 5.74) is 0.836. The number of hydrogen-bond donors (Lipinski definition) is 0. The molecule has 0 saturated carbocycles. The third-order valence-electron chi connectivity index (χ3n) is 1.86. The highest BCUT2D eigenvalue weighted by Crippen LogP contribution is 2.25. The molecule has 15 heavy (non-hydrogen) atoms. The van der Waals surface area contributed by atoms with Crippen molar-refractivity contribution in [3.8, 4) is 0 Å². The van der Waals surface area contributed by atoms with Crippen LogP contribution < -0.4 is 0 Å². The molecular weight excluding hydrogens is 322 g/mol. The van der Waals surface area contributed by atoms with E-state index in [1.165, 1.54) is 0 Å². The van der Waals surface area contributed by atoms with Gasteiger partial charge in [0, 0.05) is 22.0 Å². The molecule has 0 heterocycles. The van der Waals surface area contributed by atoms with E-state index in [1.54, 1.807) is 0 Å². The molecule has 0 aromatic heterocycles. The SMILES string of the molecule is CCN(CC)N=Nc1cc(Br)cc(Br)c1. The van der Waals surface area contributed by atoms with Gasteiger partial charge in [-0.1, -0.05) is 37.1 Å². The van der Waals surface area contributed by atoms with E-state index >= 15 is 0 Å². The number of hydrogen-bond acceptors (Lipinski definition) is 2. The standard InChI is InChI=1S/C10H13Br2N3/c1-3-15(4-2)14-13-10-6-8(11)5-9(12)7-10/h5-7H,3-4H2,1-2H3. The fourth-order valence-electron chi connectivity index (χ4n) is 1.06. The zero-order chi connectivity index (χ0) is 11.3. The number of halogens is 2. The van der Waals surface area contributed by atoms with Gasteiger partial charge in [-0.25, -0.2) is 0 Å². The van der Waals surface area contributed by atoms with E-state index in [0.29, 0.717) is 0 Å². The molecule has 0 unspecified atom stereocenters. The fourth-order valence-corrected chi connectivity index (χ4v) is 2.33. The molecule has 5 heteroatoms. The maximum atomic E-state index is 4.16. The first kappa shape index (κ1) is 12.6. The molecule has 0 radical (unpaired) electrons. The second kappa shape index (κ2) is 6.23. The Kier molecular flexibility index (Phi) is 5.25. The van der Waals surface area contributed by atoms with Gasteiger partial charge in [0.15, 0.2) is 0 Å². The monoisotopic (exact) mass is 333 g/mol. The maximum absolute atomic E-state index is 4.16. The van der Waals surface area contributed by atoms with E-state index in [-0.39, 0.29) is 0 Å². The molecule has 0 fully saturated rings. The average Bonchev–Trinajstić information content (AvgIpc) is 2.18. The normalized spacial score (nSPS) is 10.9. The van der Waals surface area contributed by atoms with Gasteiger partial charge in [-0.05, 0) is 32.0 Å². The Bertz CT molecular complexity index is 328. The Labute approximate surface area is 107 Å². The van der Waals surface area contributed by atoms with Crippen molar-refractivity contribution in [3.05, 3.63) is 27.1 Å². The third kappa shape index (κ3) is 4.30. The van der Waals surface area contributed by atoms with Crippen LogP contribution in [0.4, 0.5) is 5.69 Å². The molecule has 0 spiro atoms. The van der Waals surface area contributed by atoms with Crippen LogP contribution in [0.5, 0.6) is 0 Å². The molecule has 0 amide bonds. The second-order valence-electron chi connectivity index (χ2n) is 2.96. The molecule has 0 aliphatic rings. The van der Waals surface area contributed by atoms with E-state index in [0.717, 1.165) is 27.7 Å². The molecule has 1 aromatic rings. The summed E-state index contributed by atoms with van der Waals surface area (Å²) < 4.78 is 1.98. The minimum atomic E-state index is 0.836. The smallest absolute Gasteiger partial charge is 0.0896 e. The summed E-state index contributed by atoms with van der Waals surface area (Å²) in [6.45, 7) is 5.85. The van der Waals surface area contributed by atoms with Gasteiger partial charge < -0.3 is 0 Å². The first-order valence-electron chi connectivity index (χ1n) is 4.78. The molecule has 1 aromatic carbocycles. The predicted octanol–water partition coefficient (Wildman–Crippen LogP) is 4.55. The lowest BCUT2D eigenvalue weighted by Gasteiger charge is -2.11. The summed E-state index contributed by atoms with van der Waals surface area (Å²) in [6.07, 6.45) is 0. The van der Waals surface area contributed by atoms with Crippen molar-refractivity contribution in [2.45, 2.75) is 13.8 Å². The van der Waals surface area contributed by atoms with Crippen LogP contribution in [0.15, 0.2) is 37.5 Å². The summed E-state index contributed by atoms with van der Waals surface area (Å²) in [4.78, 5) is 0. The van der Waals surface area contributed by atoms with Gasteiger partial charge in [-0.3, -0.25) is 5.01 Å². The molecule has 0 bridgehead atoms. The minimum Gasteiger partial charge on any atom is -0.279 e.